The fourth-order valence-corrected chi connectivity index (χ4v) is 1.87. The Bertz CT molecular complexity index is 422. The van der Waals surface area contributed by atoms with E-state index in [0.717, 1.165) is 6.42 Å². The number of ether oxygens (including phenoxy) is 1. The molecule has 0 aliphatic rings. The van der Waals surface area contributed by atoms with Crippen LogP contribution in [-0.2, 0) is 15.0 Å². The van der Waals surface area contributed by atoms with Crippen LogP contribution in [-0.4, -0.2) is 28.2 Å². The van der Waals surface area contributed by atoms with Gasteiger partial charge in [0.05, 0.1) is 0 Å². The Balaban J connectivity index is 2.12. The second kappa shape index (κ2) is 8.04. The molecule has 0 amide bonds. The van der Waals surface area contributed by atoms with Crippen molar-refractivity contribution >= 4 is 10.2 Å². The molecule has 0 atom stereocenters. The van der Waals surface area contributed by atoms with Crippen molar-refractivity contribution in [1.29, 1.82) is 0 Å². The smallest absolute Gasteiger partial charge is 0.299 e. The van der Waals surface area contributed by atoms with Gasteiger partial charge in [-0.05, 0) is 18.6 Å². The van der Waals surface area contributed by atoms with Crippen molar-refractivity contribution in [2.24, 2.45) is 0 Å². The van der Waals surface area contributed by atoms with Gasteiger partial charge in [-0.15, -0.1) is 0 Å². The Labute approximate surface area is 107 Å². The molecular weight excluding hydrogens is 256 g/mol. The van der Waals surface area contributed by atoms with Crippen LogP contribution in [0.5, 0.6) is 5.75 Å². The minimum atomic E-state index is -3.57. The largest absolute Gasteiger partial charge is 0.491 e. The number of hydrogen-bond acceptors (Lipinski definition) is 4. The Hall–Kier alpha value is -1.15. The van der Waals surface area contributed by atoms with Gasteiger partial charge >= 0.3 is 0 Å². The third-order valence-corrected chi connectivity index (χ3v) is 2.83. The van der Waals surface area contributed by atoms with E-state index in [2.05, 4.69) is 4.72 Å². The molecule has 0 unspecified atom stereocenters. The predicted molar refractivity (Wildman–Crippen MR) is 68.2 cm³/mol. The molecule has 0 aliphatic heterocycles. The number of benzene rings is 1. The van der Waals surface area contributed by atoms with Crippen molar-refractivity contribution < 1.29 is 18.0 Å². The molecule has 1 aromatic carbocycles. The van der Waals surface area contributed by atoms with E-state index in [1.165, 1.54) is 0 Å². The van der Waals surface area contributed by atoms with E-state index in [4.69, 9.17) is 9.57 Å². The summed E-state index contributed by atoms with van der Waals surface area (Å²) in [5, 5.41) is 0. The summed E-state index contributed by atoms with van der Waals surface area (Å²) in [7, 11) is -3.57. The van der Waals surface area contributed by atoms with Crippen molar-refractivity contribution in [3.63, 3.8) is 0 Å². The summed E-state index contributed by atoms with van der Waals surface area (Å²) in [5.74, 6) is 0.716. The van der Waals surface area contributed by atoms with E-state index < -0.39 is 10.2 Å². The quantitative estimate of drug-likeness (QED) is 0.516. The lowest BCUT2D eigenvalue weighted by Gasteiger charge is -2.08. The van der Waals surface area contributed by atoms with Gasteiger partial charge in [-0.3, -0.25) is 4.84 Å². The average molecular weight is 274 g/mol. The Morgan fingerprint density at radius 2 is 1.89 bits per heavy atom. The summed E-state index contributed by atoms with van der Waals surface area (Å²) in [6, 6.07) is 9.22. The molecule has 7 heteroatoms. The fourth-order valence-electron chi connectivity index (χ4n) is 1.10. The molecule has 0 radical (unpaired) electrons. The van der Waals surface area contributed by atoms with E-state index in [1.807, 2.05) is 42.1 Å². The van der Waals surface area contributed by atoms with Crippen molar-refractivity contribution in [1.82, 2.24) is 9.61 Å². The van der Waals surface area contributed by atoms with Gasteiger partial charge in [0.15, 0.2) is 0 Å². The van der Waals surface area contributed by atoms with Gasteiger partial charge in [-0.25, -0.2) is 4.72 Å². The zero-order chi connectivity index (χ0) is 13.3. The van der Waals surface area contributed by atoms with Gasteiger partial charge in [-0.1, -0.05) is 30.0 Å². The first-order chi connectivity index (χ1) is 8.64. The van der Waals surface area contributed by atoms with Gasteiger partial charge in [0.2, 0.25) is 0 Å². The number of nitrogens with one attached hydrogen (secondary N) is 2. The molecule has 6 nitrogen and oxygen atoms in total. The highest BCUT2D eigenvalue weighted by Crippen LogP contribution is 2.07. The van der Waals surface area contributed by atoms with Crippen molar-refractivity contribution in [2.45, 2.75) is 13.3 Å². The Morgan fingerprint density at radius 3 is 2.56 bits per heavy atom. The summed E-state index contributed by atoms with van der Waals surface area (Å²) < 4.78 is 30.1. The fraction of sp³-hybridized carbons (Fsp3) is 0.455. The third kappa shape index (κ3) is 6.55. The molecule has 2 N–H and O–H groups in total. The van der Waals surface area contributed by atoms with E-state index in [-0.39, 0.29) is 13.2 Å². The Kier molecular flexibility index (Phi) is 6.66. The molecule has 0 saturated carbocycles. The van der Waals surface area contributed by atoms with Crippen LogP contribution < -0.4 is 14.3 Å². The maximum atomic E-state index is 11.2. The maximum absolute atomic E-state index is 11.2. The molecule has 102 valence electrons. The molecule has 0 spiro atoms. The summed E-state index contributed by atoms with van der Waals surface area (Å²) >= 11 is 0. The summed E-state index contributed by atoms with van der Waals surface area (Å²) in [5.41, 5.74) is 0. The lowest BCUT2D eigenvalue weighted by atomic mass is 10.3. The Morgan fingerprint density at radius 1 is 1.17 bits per heavy atom. The van der Waals surface area contributed by atoms with Crippen LogP contribution in [0, 0.1) is 0 Å². The minimum absolute atomic E-state index is 0.127. The molecule has 18 heavy (non-hydrogen) atoms. The topological polar surface area (TPSA) is 76.7 Å². The van der Waals surface area contributed by atoms with Crippen LogP contribution in [0.1, 0.15) is 13.3 Å². The molecule has 0 bridgehead atoms. The van der Waals surface area contributed by atoms with Crippen molar-refractivity contribution in [3.05, 3.63) is 30.3 Å². The number of rotatable bonds is 9. The van der Waals surface area contributed by atoms with E-state index in [1.54, 1.807) is 0 Å². The number of hydrogen-bond donors (Lipinski definition) is 2. The average Bonchev–Trinajstić information content (AvgIpc) is 2.37. The molecule has 1 rings (SSSR count). The summed E-state index contributed by atoms with van der Waals surface area (Å²) in [6.45, 7) is 2.64. The van der Waals surface area contributed by atoms with Crippen LogP contribution in [0.3, 0.4) is 0 Å². The molecule has 0 aliphatic carbocycles. The van der Waals surface area contributed by atoms with Gasteiger partial charge in [-0.2, -0.15) is 8.42 Å². The SMILES string of the molecule is CCCNS(=O)(=O)NOCCOc1ccccc1. The normalized spacial score (nSPS) is 11.4. The van der Waals surface area contributed by atoms with E-state index in [0.29, 0.717) is 12.3 Å². The zero-order valence-corrected chi connectivity index (χ0v) is 11.1. The first kappa shape index (κ1) is 14.9. The lowest BCUT2D eigenvalue weighted by Crippen LogP contribution is -2.37. The first-order valence-electron chi connectivity index (χ1n) is 5.70. The van der Waals surface area contributed by atoms with Gasteiger partial charge in [0, 0.05) is 6.54 Å². The van der Waals surface area contributed by atoms with Crippen molar-refractivity contribution in [2.75, 3.05) is 19.8 Å². The highest BCUT2D eigenvalue weighted by atomic mass is 32.2. The zero-order valence-electron chi connectivity index (χ0n) is 10.3. The predicted octanol–water partition coefficient (Wildman–Crippen LogP) is 0.831. The summed E-state index contributed by atoms with van der Waals surface area (Å²) in [4.78, 5) is 6.75. The third-order valence-electron chi connectivity index (χ3n) is 1.91. The second-order valence-electron chi connectivity index (χ2n) is 3.49. The molecule has 0 saturated heterocycles. The first-order valence-corrected chi connectivity index (χ1v) is 7.18. The second-order valence-corrected chi connectivity index (χ2v) is 4.95. The number of para-hydroxylation sites is 1. The van der Waals surface area contributed by atoms with E-state index in [9.17, 15) is 8.42 Å². The van der Waals surface area contributed by atoms with Gasteiger partial charge < -0.3 is 4.74 Å². The molecule has 0 aromatic heterocycles. The van der Waals surface area contributed by atoms with Crippen LogP contribution in [0.4, 0.5) is 0 Å². The molecular formula is C11H18N2O4S. The van der Waals surface area contributed by atoms with Crippen LogP contribution in [0.15, 0.2) is 30.3 Å². The van der Waals surface area contributed by atoms with Crippen molar-refractivity contribution in [3.8, 4) is 5.75 Å². The highest BCUT2D eigenvalue weighted by Gasteiger charge is 2.07. The van der Waals surface area contributed by atoms with Gasteiger partial charge in [0.1, 0.15) is 19.0 Å². The van der Waals surface area contributed by atoms with E-state index >= 15 is 0 Å². The monoisotopic (exact) mass is 274 g/mol. The highest BCUT2D eigenvalue weighted by molar-refractivity contribution is 7.87. The maximum Gasteiger partial charge on any atom is 0.299 e. The van der Waals surface area contributed by atoms with Gasteiger partial charge in [0.25, 0.3) is 10.2 Å². The van der Waals surface area contributed by atoms with Crippen LogP contribution in [0.25, 0.3) is 0 Å². The molecule has 0 fully saturated rings. The molecule has 0 heterocycles. The minimum Gasteiger partial charge on any atom is -0.491 e. The van der Waals surface area contributed by atoms with Crippen LogP contribution in [0.2, 0.25) is 0 Å². The molecule has 1 aromatic rings. The summed E-state index contributed by atoms with van der Waals surface area (Å²) in [6.07, 6.45) is 0.720. The lowest BCUT2D eigenvalue weighted by molar-refractivity contribution is 0.0658. The standard InChI is InChI=1S/C11H18N2O4S/c1-2-8-12-18(14,15)13-17-10-9-16-11-6-4-3-5-7-11/h3-7,12-13H,2,8-10H2,1H3. The van der Waals surface area contributed by atoms with Crippen LogP contribution >= 0.6 is 0 Å².